The zero-order chi connectivity index (χ0) is 24.0. The van der Waals surface area contributed by atoms with Crippen LogP contribution in [0.1, 0.15) is 81.1 Å². The van der Waals surface area contributed by atoms with Crippen molar-refractivity contribution in [1.29, 1.82) is 5.41 Å². The van der Waals surface area contributed by atoms with Gasteiger partial charge in [-0.3, -0.25) is 10.2 Å². The maximum absolute atomic E-state index is 14.6. The summed E-state index contributed by atoms with van der Waals surface area (Å²) in [6, 6.07) is 6.51. The second-order valence-corrected chi connectivity index (χ2v) is 10.4. The van der Waals surface area contributed by atoms with Crippen molar-refractivity contribution in [3.63, 3.8) is 0 Å². The Morgan fingerprint density at radius 2 is 1.64 bits per heavy atom. The predicted molar refractivity (Wildman–Crippen MR) is 135 cm³/mol. The Morgan fingerprint density at radius 1 is 1.09 bits per heavy atom. The Hall–Kier alpha value is -2.41. The van der Waals surface area contributed by atoms with E-state index in [-0.39, 0.29) is 63.8 Å². The first-order valence-corrected chi connectivity index (χ1v) is 10.9. The number of amidine groups is 1. The van der Waals surface area contributed by atoms with E-state index in [2.05, 4.69) is 0 Å². The molecule has 1 aliphatic heterocycles. The molecule has 0 fully saturated rings. The van der Waals surface area contributed by atoms with Crippen molar-refractivity contribution in [2.24, 2.45) is 0 Å². The minimum atomic E-state index is -0.513. The van der Waals surface area contributed by atoms with Gasteiger partial charge in [-0.1, -0.05) is 41.5 Å². The number of phenolic OH excluding ortho intramolecular Hbond substituents is 1. The lowest BCUT2D eigenvalue weighted by Crippen LogP contribution is -2.31. The monoisotopic (exact) mass is 520 g/mol. The Bertz CT molecular complexity index is 1050. The largest absolute Gasteiger partial charge is 0.507 e. The van der Waals surface area contributed by atoms with Crippen LogP contribution in [-0.2, 0) is 17.4 Å². The van der Waals surface area contributed by atoms with Crippen LogP contribution in [0.4, 0.5) is 4.39 Å². The fraction of sp³-hybridized carbons (Fsp3) is 0.462. The molecule has 2 aromatic rings. The van der Waals surface area contributed by atoms with Crippen LogP contribution in [0, 0.1) is 11.2 Å². The number of nitrogens with zero attached hydrogens (tertiary/aromatic N) is 1. The van der Waals surface area contributed by atoms with Gasteiger partial charge in [-0.15, -0.1) is 17.0 Å². The summed E-state index contributed by atoms with van der Waals surface area (Å²) >= 11 is 0. The predicted octanol–water partition coefficient (Wildman–Crippen LogP) is 6.13. The number of carbonyl (C=O) groups excluding carboxylic acids is 1. The number of ketones is 1. The van der Waals surface area contributed by atoms with E-state index in [4.69, 9.17) is 10.1 Å². The molecule has 0 aliphatic carbocycles. The van der Waals surface area contributed by atoms with E-state index < -0.39 is 5.82 Å². The maximum Gasteiger partial charge on any atom is 0.182 e. The molecule has 0 unspecified atom stereocenters. The third-order valence-corrected chi connectivity index (χ3v) is 5.75. The summed E-state index contributed by atoms with van der Waals surface area (Å²) in [6.45, 7) is 14.4. The molecule has 7 heteroatoms. The van der Waals surface area contributed by atoms with Gasteiger partial charge in [0.1, 0.15) is 23.2 Å². The van der Waals surface area contributed by atoms with Gasteiger partial charge in [0.15, 0.2) is 5.78 Å². The number of rotatable bonds is 5. The SMILES string of the molecule is Br.CCOc1cc(F)c2c(c1)CN(CC(=O)c1cc(C(C)(C)C)c(O)c(C(C)(C)C)c1)C2=N. The summed E-state index contributed by atoms with van der Waals surface area (Å²) in [6.07, 6.45) is 0. The normalized spacial score (nSPS) is 13.6. The van der Waals surface area contributed by atoms with Crippen LogP contribution in [0.3, 0.4) is 0 Å². The number of halogens is 2. The molecule has 1 heterocycles. The van der Waals surface area contributed by atoms with Crippen LogP contribution in [0.2, 0.25) is 0 Å². The van der Waals surface area contributed by atoms with E-state index in [0.717, 1.165) is 0 Å². The average Bonchev–Trinajstić information content (AvgIpc) is 2.96. The summed E-state index contributed by atoms with van der Waals surface area (Å²) < 4.78 is 20.0. The van der Waals surface area contributed by atoms with E-state index in [1.807, 2.05) is 48.5 Å². The van der Waals surface area contributed by atoms with E-state index >= 15 is 0 Å². The molecule has 0 saturated carbocycles. The van der Waals surface area contributed by atoms with Gasteiger partial charge in [0.25, 0.3) is 0 Å². The molecule has 0 bridgehead atoms. The van der Waals surface area contributed by atoms with Gasteiger partial charge in [0, 0.05) is 29.3 Å². The molecular formula is C26H34BrFN2O3. The zero-order valence-corrected chi connectivity index (χ0v) is 22.1. The van der Waals surface area contributed by atoms with Crippen molar-refractivity contribution in [1.82, 2.24) is 4.90 Å². The lowest BCUT2D eigenvalue weighted by Gasteiger charge is -2.28. The number of ether oxygens (including phenoxy) is 1. The fourth-order valence-electron chi connectivity index (χ4n) is 4.06. The van der Waals surface area contributed by atoms with Crippen molar-refractivity contribution in [3.8, 4) is 11.5 Å². The Kier molecular flexibility index (Phi) is 7.69. The molecule has 0 spiro atoms. The highest BCUT2D eigenvalue weighted by molar-refractivity contribution is 8.93. The molecule has 2 aromatic carbocycles. The van der Waals surface area contributed by atoms with Crippen LogP contribution in [0.25, 0.3) is 0 Å². The van der Waals surface area contributed by atoms with Gasteiger partial charge in [-0.05, 0) is 41.5 Å². The molecule has 5 nitrogen and oxygen atoms in total. The van der Waals surface area contributed by atoms with E-state index in [9.17, 15) is 14.3 Å². The molecule has 180 valence electrons. The topological polar surface area (TPSA) is 73.6 Å². The molecular weight excluding hydrogens is 487 g/mol. The minimum absolute atomic E-state index is 0. The zero-order valence-electron chi connectivity index (χ0n) is 20.4. The number of Topliss-reactive ketones (excluding diaryl/α,β-unsaturated/α-hetero) is 1. The standard InChI is InChI=1S/C26H33FN2O3.BrH/c1-8-32-17-9-16-13-29(24(28)22(16)20(27)12-17)14-21(30)15-10-18(25(2,3)4)23(31)19(11-15)26(5,6)7;/h9-12,28,31H,8,13-14H2,1-7H3;1H. The number of fused-ring (bicyclic) bond motifs is 1. The molecule has 0 amide bonds. The van der Waals surface area contributed by atoms with E-state index in [1.54, 1.807) is 23.1 Å². The lowest BCUT2D eigenvalue weighted by atomic mass is 9.78. The van der Waals surface area contributed by atoms with Crippen molar-refractivity contribution in [3.05, 3.63) is 57.9 Å². The Morgan fingerprint density at radius 3 is 2.12 bits per heavy atom. The summed E-state index contributed by atoms with van der Waals surface area (Å²) in [5.74, 6) is -0.0503. The van der Waals surface area contributed by atoms with Crippen molar-refractivity contribution in [2.45, 2.75) is 65.8 Å². The fourth-order valence-corrected chi connectivity index (χ4v) is 4.06. The minimum Gasteiger partial charge on any atom is -0.507 e. The van der Waals surface area contributed by atoms with Crippen molar-refractivity contribution >= 4 is 28.6 Å². The molecule has 0 aromatic heterocycles. The molecule has 0 radical (unpaired) electrons. The van der Waals surface area contributed by atoms with E-state index in [0.29, 0.717) is 34.6 Å². The lowest BCUT2D eigenvalue weighted by molar-refractivity contribution is 0.0962. The van der Waals surface area contributed by atoms with Crippen molar-refractivity contribution in [2.75, 3.05) is 13.2 Å². The summed E-state index contributed by atoms with van der Waals surface area (Å²) in [5, 5.41) is 19.3. The molecule has 2 N–H and O–H groups in total. The Balaban J connectivity index is 0.00000385. The number of benzene rings is 2. The maximum atomic E-state index is 14.6. The number of nitrogens with one attached hydrogen (secondary N) is 1. The smallest absolute Gasteiger partial charge is 0.182 e. The number of hydrogen-bond acceptors (Lipinski definition) is 4. The first-order valence-electron chi connectivity index (χ1n) is 10.9. The van der Waals surface area contributed by atoms with Gasteiger partial charge in [-0.25, -0.2) is 4.39 Å². The molecule has 0 atom stereocenters. The molecule has 33 heavy (non-hydrogen) atoms. The van der Waals surface area contributed by atoms with Gasteiger partial charge < -0.3 is 14.7 Å². The van der Waals surface area contributed by atoms with Crippen LogP contribution in [-0.4, -0.2) is 34.8 Å². The van der Waals surface area contributed by atoms with E-state index in [1.165, 1.54) is 6.07 Å². The third kappa shape index (κ3) is 5.40. The summed E-state index contributed by atoms with van der Waals surface area (Å²) in [5.41, 5.74) is 2.06. The van der Waals surface area contributed by atoms with Crippen molar-refractivity contribution < 1.29 is 19.0 Å². The van der Waals surface area contributed by atoms with Crippen LogP contribution in [0.15, 0.2) is 24.3 Å². The van der Waals surface area contributed by atoms with Gasteiger partial charge in [0.2, 0.25) is 0 Å². The first-order chi connectivity index (χ1) is 14.7. The highest BCUT2D eigenvalue weighted by Crippen LogP contribution is 2.40. The highest BCUT2D eigenvalue weighted by Gasteiger charge is 2.32. The quantitative estimate of drug-likeness (QED) is 0.465. The number of aromatic hydroxyl groups is 1. The van der Waals surface area contributed by atoms with Gasteiger partial charge in [0.05, 0.1) is 18.7 Å². The van der Waals surface area contributed by atoms with Crippen LogP contribution in [0.5, 0.6) is 11.5 Å². The molecule has 3 rings (SSSR count). The molecule has 0 saturated heterocycles. The summed E-state index contributed by atoms with van der Waals surface area (Å²) in [4.78, 5) is 14.9. The molecule has 1 aliphatic rings. The summed E-state index contributed by atoms with van der Waals surface area (Å²) in [7, 11) is 0. The highest BCUT2D eigenvalue weighted by atomic mass is 79.9. The third-order valence-electron chi connectivity index (χ3n) is 5.75. The van der Waals surface area contributed by atoms with Gasteiger partial charge in [-0.2, -0.15) is 0 Å². The van der Waals surface area contributed by atoms with Crippen LogP contribution >= 0.6 is 17.0 Å². The Labute approximate surface area is 206 Å². The van der Waals surface area contributed by atoms with Gasteiger partial charge >= 0.3 is 0 Å². The number of carbonyl (C=O) groups is 1. The number of phenols is 1. The average molecular weight is 521 g/mol. The second kappa shape index (κ2) is 9.45. The van der Waals surface area contributed by atoms with Crippen LogP contribution < -0.4 is 4.74 Å². The number of hydrogen-bond donors (Lipinski definition) is 2. The first kappa shape index (κ1) is 26.8. The second-order valence-electron chi connectivity index (χ2n) is 10.4.